The van der Waals surface area contributed by atoms with E-state index in [-0.39, 0.29) is 23.8 Å². The fraction of sp³-hybridized carbons (Fsp3) is 0.654. The average Bonchev–Trinajstić information content (AvgIpc) is 3.62. The Bertz CT molecular complexity index is 755. The van der Waals surface area contributed by atoms with Crippen molar-refractivity contribution in [2.24, 2.45) is 5.92 Å². The van der Waals surface area contributed by atoms with E-state index in [0.29, 0.717) is 31.1 Å². The number of nitrogens with one attached hydrogen (secondary N) is 1. The molecule has 32 heavy (non-hydrogen) atoms. The van der Waals surface area contributed by atoms with Crippen molar-refractivity contribution in [1.82, 2.24) is 10.2 Å². The largest absolute Gasteiger partial charge is 0.453 e. The van der Waals surface area contributed by atoms with E-state index < -0.39 is 6.09 Å². The number of alkyl carbamates (subject to hydrolysis) is 1. The van der Waals surface area contributed by atoms with Crippen molar-refractivity contribution in [3.8, 4) is 0 Å². The number of amides is 1. The van der Waals surface area contributed by atoms with Crippen LogP contribution in [-0.4, -0.2) is 54.3 Å². The molecule has 0 heterocycles. The number of benzene rings is 1. The molecule has 1 saturated carbocycles. The number of rotatable bonds is 14. The van der Waals surface area contributed by atoms with Gasteiger partial charge < -0.3 is 10.1 Å². The first-order valence-electron chi connectivity index (χ1n) is 12.0. The molecular formula is C26H40N2O4. The molecule has 1 fully saturated rings. The number of methoxy groups -OCH3 is 1. The Morgan fingerprint density at radius 3 is 2.25 bits per heavy atom. The summed E-state index contributed by atoms with van der Waals surface area (Å²) in [4.78, 5) is 38.6. The van der Waals surface area contributed by atoms with E-state index in [9.17, 15) is 14.4 Å². The second-order valence-corrected chi connectivity index (χ2v) is 9.19. The van der Waals surface area contributed by atoms with Gasteiger partial charge in [0.15, 0.2) is 5.78 Å². The minimum absolute atomic E-state index is 0.0450. The van der Waals surface area contributed by atoms with Crippen molar-refractivity contribution in [2.75, 3.05) is 13.7 Å². The Balaban J connectivity index is 2.03. The van der Waals surface area contributed by atoms with Crippen LogP contribution in [0.2, 0.25) is 0 Å². The standard InChI is InChI=1S/C26H40N2O4/c1-6-24(29)17-22(27-26(31)32-5)12-11-20-9-7-8-10-21(20)15-16-28(23-13-14-23)19(4)25(30)18(2)3/h7-10,18-19,22-23H,6,11-17H2,1-5H3,(H,27,31). The molecule has 2 rings (SSSR count). The first-order chi connectivity index (χ1) is 15.3. The fourth-order valence-corrected chi connectivity index (χ4v) is 4.24. The molecule has 6 nitrogen and oxygen atoms in total. The zero-order chi connectivity index (χ0) is 23.7. The van der Waals surface area contributed by atoms with Crippen LogP contribution in [0.5, 0.6) is 0 Å². The number of hydrogen-bond acceptors (Lipinski definition) is 5. The topological polar surface area (TPSA) is 75.7 Å². The molecule has 178 valence electrons. The van der Waals surface area contributed by atoms with E-state index >= 15 is 0 Å². The van der Waals surface area contributed by atoms with Gasteiger partial charge in [-0.25, -0.2) is 4.79 Å². The Labute approximate surface area is 193 Å². The first kappa shape index (κ1) is 26.0. The maximum absolute atomic E-state index is 12.6. The number of carbonyl (C=O) groups excluding carboxylic acids is 3. The molecule has 0 spiro atoms. The highest BCUT2D eigenvalue weighted by Crippen LogP contribution is 2.30. The lowest BCUT2D eigenvalue weighted by atomic mass is 9.95. The van der Waals surface area contributed by atoms with Crippen molar-refractivity contribution in [2.45, 2.75) is 90.8 Å². The fourth-order valence-electron chi connectivity index (χ4n) is 4.24. The van der Waals surface area contributed by atoms with Gasteiger partial charge in [0.2, 0.25) is 0 Å². The lowest BCUT2D eigenvalue weighted by Crippen LogP contribution is -2.43. The summed E-state index contributed by atoms with van der Waals surface area (Å²) in [7, 11) is 1.33. The molecule has 0 bridgehead atoms. The third-order valence-electron chi connectivity index (χ3n) is 6.39. The molecule has 1 N–H and O–H groups in total. The minimum Gasteiger partial charge on any atom is -0.453 e. The number of aryl methyl sites for hydroxylation is 1. The SMILES string of the molecule is CCC(=O)CC(CCc1ccccc1CCN(C1CC1)C(C)C(=O)C(C)C)NC(=O)OC. The maximum Gasteiger partial charge on any atom is 0.407 e. The Morgan fingerprint density at radius 1 is 1.09 bits per heavy atom. The van der Waals surface area contributed by atoms with Crippen LogP contribution in [-0.2, 0) is 27.2 Å². The van der Waals surface area contributed by atoms with Crippen LogP contribution >= 0.6 is 0 Å². The number of carbonyl (C=O) groups is 3. The summed E-state index contributed by atoms with van der Waals surface area (Å²) in [5.74, 6) is 0.481. The number of Topliss-reactive ketones (excluding diaryl/α,β-unsaturated/α-hetero) is 2. The molecule has 0 saturated heterocycles. The van der Waals surface area contributed by atoms with Crippen LogP contribution in [0.3, 0.4) is 0 Å². The zero-order valence-corrected chi connectivity index (χ0v) is 20.4. The van der Waals surface area contributed by atoms with Gasteiger partial charge in [-0.15, -0.1) is 0 Å². The van der Waals surface area contributed by atoms with E-state index in [1.807, 2.05) is 39.8 Å². The van der Waals surface area contributed by atoms with E-state index in [2.05, 4.69) is 22.3 Å². The van der Waals surface area contributed by atoms with Crippen LogP contribution in [0.4, 0.5) is 4.79 Å². The Morgan fingerprint density at radius 2 is 1.72 bits per heavy atom. The summed E-state index contributed by atoms with van der Waals surface area (Å²) in [6, 6.07) is 8.58. The van der Waals surface area contributed by atoms with Gasteiger partial charge in [-0.2, -0.15) is 0 Å². The number of hydrogen-bond donors (Lipinski definition) is 1. The van der Waals surface area contributed by atoms with Gasteiger partial charge in [0.25, 0.3) is 0 Å². The van der Waals surface area contributed by atoms with Gasteiger partial charge in [-0.3, -0.25) is 14.5 Å². The molecule has 0 aliphatic heterocycles. The molecule has 6 heteroatoms. The van der Waals surface area contributed by atoms with Gasteiger partial charge in [0.05, 0.1) is 13.2 Å². The van der Waals surface area contributed by atoms with Crippen LogP contribution in [0.25, 0.3) is 0 Å². The lowest BCUT2D eigenvalue weighted by molar-refractivity contribution is -0.127. The van der Waals surface area contributed by atoms with Gasteiger partial charge in [0.1, 0.15) is 5.78 Å². The molecule has 0 radical (unpaired) electrons. The molecule has 1 amide bonds. The molecule has 2 unspecified atom stereocenters. The highest BCUT2D eigenvalue weighted by molar-refractivity contribution is 5.85. The number of ketones is 2. The summed E-state index contributed by atoms with van der Waals surface area (Å²) in [6.07, 6.45) is 4.94. The summed E-state index contributed by atoms with van der Waals surface area (Å²) in [6.45, 7) is 8.69. The van der Waals surface area contributed by atoms with E-state index in [4.69, 9.17) is 4.74 Å². The average molecular weight is 445 g/mol. The van der Waals surface area contributed by atoms with E-state index in [0.717, 1.165) is 19.4 Å². The summed E-state index contributed by atoms with van der Waals surface area (Å²) in [5.41, 5.74) is 2.49. The summed E-state index contributed by atoms with van der Waals surface area (Å²) in [5, 5.41) is 2.81. The van der Waals surface area contributed by atoms with E-state index in [1.54, 1.807) is 0 Å². The van der Waals surface area contributed by atoms with Crippen LogP contribution in [0.15, 0.2) is 24.3 Å². The van der Waals surface area contributed by atoms with E-state index in [1.165, 1.54) is 31.1 Å². The highest BCUT2D eigenvalue weighted by atomic mass is 16.5. The van der Waals surface area contributed by atoms with Crippen LogP contribution in [0, 0.1) is 5.92 Å². The van der Waals surface area contributed by atoms with Crippen molar-refractivity contribution < 1.29 is 19.1 Å². The molecule has 1 aromatic carbocycles. The molecule has 1 aliphatic carbocycles. The normalized spacial score (nSPS) is 15.5. The van der Waals surface area contributed by atoms with Crippen molar-refractivity contribution in [1.29, 1.82) is 0 Å². The predicted octanol–water partition coefficient (Wildman–Crippen LogP) is 4.33. The smallest absolute Gasteiger partial charge is 0.407 e. The predicted molar refractivity (Wildman–Crippen MR) is 127 cm³/mol. The quantitative estimate of drug-likeness (QED) is 0.462. The highest BCUT2D eigenvalue weighted by Gasteiger charge is 2.35. The summed E-state index contributed by atoms with van der Waals surface area (Å²) < 4.78 is 4.73. The second-order valence-electron chi connectivity index (χ2n) is 9.19. The summed E-state index contributed by atoms with van der Waals surface area (Å²) >= 11 is 0. The minimum atomic E-state index is -0.504. The Hall–Kier alpha value is -2.21. The van der Waals surface area contributed by atoms with Gasteiger partial charge in [-0.05, 0) is 50.2 Å². The van der Waals surface area contributed by atoms with Gasteiger partial charge in [-0.1, -0.05) is 45.0 Å². The van der Waals surface area contributed by atoms with Crippen LogP contribution in [0.1, 0.15) is 70.9 Å². The van der Waals surface area contributed by atoms with Crippen LogP contribution < -0.4 is 5.32 Å². The molecule has 1 aromatic rings. The first-order valence-corrected chi connectivity index (χ1v) is 12.0. The third-order valence-corrected chi connectivity index (χ3v) is 6.39. The molecule has 2 atom stereocenters. The molecule has 0 aromatic heterocycles. The Kier molecular flexibility index (Phi) is 10.4. The van der Waals surface area contributed by atoms with Crippen molar-refractivity contribution >= 4 is 17.7 Å². The van der Waals surface area contributed by atoms with Gasteiger partial charge in [0, 0.05) is 37.4 Å². The number of nitrogens with zero attached hydrogens (tertiary/aromatic N) is 1. The second kappa shape index (κ2) is 12.7. The lowest BCUT2D eigenvalue weighted by Gasteiger charge is -2.29. The molecular weight excluding hydrogens is 404 g/mol. The maximum atomic E-state index is 12.6. The monoisotopic (exact) mass is 444 g/mol. The zero-order valence-electron chi connectivity index (χ0n) is 20.4. The third kappa shape index (κ3) is 8.05. The van der Waals surface area contributed by atoms with Gasteiger partial charge >= 0.3 is 6.09 Å². The number of ether oxygens (including phenoxy) is 1. The molecule has 1 aliphatic rings. The van der Waals surface area contributed by atoms with Crippen molar-refractivity contribution in [3.05, 3.63) is 35.4 Å². The van der Waals surface area contributed by atoms with Crippen molar-refractivity contribution in [3.63, 3.8) is 0 Å².